The van der Waals surface area contributed by atoms with Crippen LogP contribution in [0.4, 0.5) is 0 Å². The van der Waals surface area contributed by atoms with Crippen LogP contribution in [0.25, 0.3) is 0 Å². The normalized spacial score (nSPS) is 27.4. The monoisotopic (exact) mass is 622 g/mol. The molecule has 0 radical (unpaired) electrons. The van der Waals surface area contributed by atoms with Gasteiger partial charge in [0.15, 0.2) is 0 Å². The standard InChI is InChI=1S/C37H66O7/c1-3-4-5-15-19-30(38)20-17-22-32(40)34-24-26-36(44-34)35-25-23-33(43-35)31(39)21-16-13-11-9-7-6-8-10-12-14-18-29-27-28(2)42-37(29)41/h27-28,30-36,38-40H,3-26H2,1-2H3/t28-,30?,31+,32+,33+,34+,35+,36+/m0/s1. The lowest BCUT2D eigenvalue weighted by atomic mass is 9.99. The molecule has 0 aliphatic carbocycles. The van der Waals surface area contributed by atoms with Crippen LogP contribution in [0.15, 0.2) is 11.6 Å². The summed E-state index contributed by atoms with van der Waals surface area (Å²) in [6, 6.07) is 0. The van der Waals surface area contributed by atoms with E-state index in [1.165, 1.54) is 64.2 Å². The minimum absolute atomic E-state index is 0.0170. The summed E-state index contributed by atoms with van der Waals surface area (Å²) in [6.07, 6.45) is 25.7. The third-order valence-corrected chi connectivity index (χ3v) is 10.1. The number of aliphatic hydroxyl groups is 3. The fourth-order valence-electron chi connectivity index (χ4n) is 7.28. The Hall–Kier alpha value is -0.990. The van der Waals surface area contributed by atoms with E-state index in [9.17, 15) is 20.1 Å². The topological polar surface area (TPSA) is 105 Å². The molecule has 256 valence electrons. The Morgan fingerprint density at radius 1 is 0.659 bits per heavy atom. The fourth-order valence-corrected chi connectivity index (χ4v) is 7.28. The van der Waals surface area contributed by atoms with Gasteiger partial charge in [-0.1, -0.05) is 90.4 Å². The van der Waals surface area contributed by atoms with Gasteiger partial charge < -0.3 is 29.5 Å². The minimum atomic E-state index is -0.479. The molecule has 8 atom stereocenters. The average molecular weight is 623 g/mol. The Morgan fingerprint density at radius 2 is 1.14 bits per heavy atom. The number of ether oxygens (including phenoxy) is 3. The van der Waals surface area contributed by atoms with Gasteiger partial charge in [-0.2, -0.15) is 0 Å². The van der Waals surface area contributed by atoms with Gasteiger partial charge in [-0.25, -0.2) is 4.79 Å². The Morgan fingerprint density at radius 3 is 1.68 bits per heavy atom. The van der Waals surface area contributed by atoms with Gasteiger partial charge in [-0.3, -0.25) is 0 Å². The molecule has 3 aliphatic rings. The molecule has 2 saturated heterocycles. The van der Waals surface area contributed by atoms with Crippen LogP contribution in [-0.4, -0.2) is 70.1 Å². The van der Waals surface area contributed by atoms with E-state index in [0.29, 0.717) is 6.42 Å². The second-order valence-electron chi connectivity index (χ2n) is 14.0. The Balaban J connectivity index is 1.13. The Kier molecular flexibility index (Phi) is 18.5. The predicted octanol–water partition coefficient (Wildman–Crippen LogP) is 7.86. The summed E-state index contributed by atoms with van der Waals surface area (Å²) in [5.41, 5.74) is 0.863. The zero-order valence-electron chi connectivity index (χ0n) is 28.1. The largest absolute Gasteiger partial charge is 0.455 e. The second kappa shape index (κ2) is 21.7. The van der Waals surface area contributed by atoms with E-state index in [2.05, 4.69) is 6.92 Å². The van der Waals surface area contributed by atoms with Crippen LogP contribution in [0.2, 0.25) is 0 Å². The quantitative estimate of drug-likeness (QED) is 0.0703. The third-order valence-electron chi connectivity index (χ3n) is 10.1. The first-order valence-electron chi connectivity index (χ1n) is 18.6. The number of rotatable bonds is 25. The van der Waals surface area contributed by atoms with E-state index in [4.69, 9.17) is 14.2 Å². The van der Waals surface area contributed by atoms with Crippen LogP contribution in [0.3, 0.4) is 0 Å². The molecule has 3 aliphatic heterocycles. The summed E-state index contributed by atoms with van der Waals surface area (Å²) in [5, 5.41) is 31.6. The number of carbonyl (C=O) groups excluding carboxylic acids is 1. The summed E-state index contributed by atoms with van der Waals surface area (Å²) >= 11 is 0. The Labute approximate surface area is 268 Å². The van der Waals surface area contributed by atoms with Gasteiger partial charge >= 0.3 is 5.97 Å². The highest BCUT2D eigenvalue weighted by atomic mass is 16.6. The number of hydrogen-bond donors (Lipinski definition) is 3. The first-order chi connectivity index (χ1) is 21.4. The van der Waals surface area contributed by atoms with E-state index in [-0.39, 0.29) is 42.6 Å². The van der Waals surface area contributed by atoms with Gasteiger partial charge in [-0.05, 0) is 83.6 Å². The van der Waals surface area contributed by atoms with E-state index in [1.807, 2.05) is 13.0 Å². The van der Waals surface area contributed by atoms with E-state index < -0.39 is 12.2 Å². The molecule has 0 spiro atoms. The molecule has 1 unspecified atom stereocenters. The first kappa shape index (κ1) is 37.5. The summed E-state index contributed by atoms with van der Waals surface area (Å²) in [5.74, 6) is -0.123. The van der Waals surface area contributed by atoms with E-state index in [0.717, 1.165) is 89.0 Å². The summed E-state index contributed by atoms with van der Waals surface area (Å²) in [7, 11) is 0. The predicted molar refractivity (Wildman–Crippen MR) is 175 cm³/mol. The number of aliphatic hydroxyl groups excluding tert-OH is 3. The lowest BCUT2D eigenvalue weighted by Crippen LogP contribution is -2.33. The molecule has 7 nitrogen and oxygen atoms in total. The lowest BCUT2D eigenvalue weighted by molar-refractivity contribution is -0.139. The molecule has 3 N–H and O–H groups in total. The molecule has 3 rings (SSSR count). The number of esters is 1. The maximum Gasteiger partial charge on any atom is 0.334 e. The lowest BCUT2D eigenvalue weighted by Gasteiger charge is -2.24. The highest BCUT2D eigenvalue weighted by molar-refractivity contribution is 5.90. The van der Waals surface area contributed by atoms with Crippen molar-refractivity contribution in [2.24, 2.45) is 0 Å². The van der Waals surface area contributed by atoms with Crippen molar-refractivity contribution in [1.82, 2.24) is 0 Å². The molecule has 0 aromatic heterocycles. The van der Waals surface area contributed by atoms with Crippen LogP contribution in [0, 0.1) is 0 Å². The molecular weight excluding hydrogens is 556 g/mol. The Bertz CT molecular complexity index is 801. The van der Waals surface area contributed by atoms with Gasteiger partial charge in [-0.15, -0.1) is 0 Å². The average Bonchev–Trinajstić information content (AvgIpc) is 3.76. The highest BCUT2D eigenvalue weighted by Gasteiger charge is 2.40. The van der Waals surface area contributed by atoms with Gasteiger partial charge in [0.25, 0.3) is 0 Å². The zero-order valence-corrected chi connectivity index (χ0v) is 28.1. The van der Waals surface area contributed by atoms with Gasteiger partial charge in [0.05, 0.1) is 42.7 Å². The number of carbonyl (C=O) groups is 1. The molecule has 3 heterocycles. The second-order valence-corrected chi connectivity index (χ2v) is 14.0. The van der Waals surface area contributed by atoms with Crippen molar-refractivity contribution >= 4 is 5.97 Å². The number of cyclic esters (lactones) is 1. The van der Waals surface area contributed by atoms with Crippen LogP contribution in [0.5, 0.6) is 0 Å². The summed E-state index contributed by atoms with van der Waals surface area (Å²) in [6.45, 7) is 4.11. The van der Waals surface area contributed by atoms with E-state index >= 15 is 0 Å². The van der Waals surface area contributed by atoms with Crippen molar-refractivity contribution < 1.29 is 34.3 Å². The van der Waals surface area contributed by atoms with Crippen LogP contribution >= 0.6 is 0 Å². The van der Waals surface area contributed by atoms with Crippen molar-refractivity contribution in [1.29, 1.82) is 0 Å². The summed E-state index contributed by atoms with van der Waals surface area (Å²) < 4.78 is 17.7. The van der Waals surface area contributed by atoms with Gasteiger partial charge in [0.2, 0.25) is 0 Å². The highest BCUT2D eigenvalue weighted by Crippen LogP contribution is 2.34. The van der Waals surface area contributed by atoms with Crippen molar-refractivity contribution in [2.45, 2.75) is 217 Å². The maximum atomic E-state index is 11.6. The van der Waals surface area contributed by atoms with E-state index in [1.54, 1.807) is 0 Å². The van der Waals surface area contributed by atoms with Crippen molar-refractivity contribution in [3.8, 4) is 0 Å². The number of hydrogen-bond acceptors (Lipinski definition) is 7. The third kappa shape index (κ3) is 14.2. The first-order valence-corrected chi connectivity index (χ1v) is 18.6. The minimum Gasteiger partial charge on any atom is -0.455 e. The van der Waals surface area contributed by atoms with Crippen molar-refractivity contribution in [2.75, 3.05) is 0 Å². The molecular formula is C37H66O7. The molecule has 0 amide bonds. The van der Waals surface area contributed by atoms with Crippen LogP contribution in [-0.2, 0) is 19.0 Å². The van der Waals surface area contributed by atoms with Gasteiger partial charge in [0.1, 0.15) is 6.10 Å². The molecule has 0 saturated carbocycles. The summed E-state index contributed by atoms with van der Waals surface area (Å²) in [4.78, 5) is 11.6. The fraction of sp³-hybridized carbons (Fsp3) is 0.919. The molecule has 44 heavy (non-hydrogen) atoms. The van der Waals surface area contributed by atoms with Crippen LogP contribution < -0.4 is 0 Å². The molecule has 7 heteroatoms. The SMILES string of the molecule is CCCCCCC(O)CCC[C@@H](O)[C@H]1CC[C@H]([C@H]2CC[C@H]([C@H](O)CCCCCCCCCCCCC3=C[C@H](C)OC3=O)O2)O1. The van der Waals surface area contributed by atoms with Gasteiger partial charge in [0, 0.05) is 5.57 Å². The molecule has 0 aromatic carbocycles. The van der Waals surface area contributed by atoms with Crippen molar-refractivity contribution in [3.63, 3.8) is 0 Å². The van der Waals surface area contributed by atoms with Crippen LogP contribution in [0.1, 0.15) is 168 Å². The molecule has 0 bridgehead atoms. The number of unbranched alkanes of at least 4 members (excludes halogenated alkanes) is 12. The maximum absolute atomic E-state index is 11.6. The van der Waals surface area contributed by atoms with Crippen molar-refractivity contribution in [3.05, 3.63) is 11.6 Å². The zero-order chi connectivity index (χ0) is 31.6. The molecule has 2 fully saturated rings. The smallest absolute Gasteiger partial charge is 0.334 e. The molecule has 0 aromatic rings.